The number of carboxylic acids is 1. The van der Waals surface area contributed by atoms with Gasteiger partial charge in [0.2, 0.25) is 0 Å². The second-order valence-corrected chi connectivity index (χ2v) is 4.77. The number of carbonyl (C=O) groups is 1. The SMILES string of the molecule is Cc1ccc(N(Cl)c2ccccc2F)c(CC(=O)O)c1. The summed E-state index contributed by atoms with van der Waals surface area (Å²) in [5, 5.41) is 8.95. The van der Waals surface area contributed by atoms with Crippen LogP contribution < -0.4 is 4.42 Å². The number of benzene rings is 2. The van der Waals surface area contributed by atoms with E-state index in [2.05, 4.69) is 0 Å². The van der Waals surface area contributed by atoms with Gasteiger partial charge in [-0.05, 0) is 30.7 Å². The smallest absolute Gasteiger partial charge is 0.307 e. The predicted molar refractivity (Wildman–Crippen MR) is 76.9 cm³/mol. The Morgan fingerprint density at radius 3 is 2.60 bits per heavy atom. The quantitative estimate of drug-likeness (QED) is 0.865. The van der Waals surface area contributed by atoms with Crippen molar-refractivity contribution in [2.45, 2.75) is 13.3 Å². The summed E-state index contributed by atoms with van der Waals surface area (Å²) in [6.45, 7) is 1.86. The van der Waals surface area contributed by atoms with Crippen LogP contribution in [-0.2, 0) is 11.2 Å². The van der Waals surface area contributed by atoms with Crippen LogP contribution in [0.4, 0.5) is 15.8 Å². The highest BCUT2D eigenvalue weighted by atomic mass is 35.5. The first kappa shape index (κ1) is 14.3. The van der Waals surface area contributed by atoms with Crippen LogP contribution in [0.3, 0.4) is 0 Å². The number of carboxylic acid groups (broad SMARTS) is 1. The Morgan fingerprint density at radius 1 is 1.25 bits per heavy atom. The van der Waals surface area contributed by atoms with E-state index in [-0.39, 0.29) is 12.1 Å². The third kappa shape index (κ3) is 3.08. The summed E-state index contributed by atoms with van der Waals surface area (Å²) in [6.07, 6.45) is -0.172. The molecule has 3 nitrogen and oxygen atoms in total. The average molecular weight is 294 g/mol. The monoisotopic (exact) mass is 293 g/mol. The fraction of sp³-hybridized carbons (Fsp3) is 0.133. The second kappa shape index (κ2) is 5.92. The molecule has 2 aromatic rings. The minimum absolute atomic E-state index is 0.172. The Hall–Kier alpha value is -2.07. The third-order valence-corrected chi connectivity index (χ3v) is 3.22. The van der Waals surface area contributed by atoms with E-state index in [0.717, 1.165) is 9.98 Å². The van der Waals surface area contributed by atoms with Gasteiger partial charge in [0.25, 0.3) is 0 Å². The lowest BCUT2D eigenvalue weighted by Gasteiger charge is -2.20. The van der Waals surface area contributed by atoms with Gasteiger partial charge in [0.15, 0.2) is 0 Å². The van der Waals surface area contributed by atoms with Crippen molar-refractivity contribution in [1.82, 2.24) is 0 Å². The van der Waals surface area contributed by atoms with Crippen LogP contribution >= 0.6 is 11.8 Å². The van der Waals surface area contributed by atoms with Crippen molar-refractivity contribution in [3.05, 3.63) is 59.4 Å². The first-order valence-electron chi connectivity index (χ1n) is 6.01. The number of hydrogen-bond donors (Lipinski definition) is 1. The van der Waals surface area contributed by atoms with Crippen molar-refractivity contribution in [1.29, 1.82) is 0 Å². The number of rotatable bonds is 4. The highest BCUT2D eigenvalue weighted by molar-refractivity contribution is 6.29. The Balaban J connectivity index is 2.46. The van der Waals surface area contributed by atoms with Crippen LogP contribution in [0.5, 0.6) is 0 Å². The Morgan fingerprint density at radius 2 is 1.95 bits per heavy atom. The maximum Gasteiger partial charge on any atom is 0.307 e. The van der Waals surface area contributed by atoms with Crippen molar-refractivity contribution >= 4 is 29.1 Å². The Bertz CT molecular complexity index is 646. The van der Waals surface area contributed by atoms with Crippen LogP contribution in [-0.4, -0.2) is 11.1 Å². The van der Waals surface area contributed by atoms with Gasteiger partial charge in [-0.1, -0.05) is 29.8 Å². The van der Waals surface area contributed by atoms with Crippen molar-refractivity contribution in [3.63, 3.8) is 0 Å². The van der Waals surface area contributed by atoms with Gasteiger partial charge in [0.05, 0.1) is 17.8 Å². The Labute approximate surface area is 121 Å². The van der Waals surface area contributed by atoms with Crippen LogP contribution in [0.2, 0.25) is 0 Å². The van der Waals surface area contributed by atoms with Crippen molar-refractivity contribution in [2.24, 2.45) is 0 Å². The molecule has 0 aliphatic heterocycles. The summed E-state index contributed by atoms with van der Waals surface area (Å²) < 4.78 is 14.9. The molecule has 5 heteroatoms. The summed E-state index contributed by atoms with van der Waals surface area (Å²) in [7, 11) is 0. The molecule has 0 heterocycles. The van der Waals surface area contributed by atoms with Crippen molar-refractivity contribution in [2.75, 3.05) is 4.42 Å². The van der Waals surface area contributed by atoms with Crippen LogP contribution in [0, 0.1) is 12.7 Å². The molecular formula is C15H13ClFNO2. The average Bonchev–Trinajstić information content (AvgIpc) is 2.38. The van der Waals surface area contributed by atoms with E-state index in [9.17, 15) is 9.18 Å². The molecule has 1 N–H and O–H groups in total. The lowest BCUT2D eigenvalue weighted by atomic mass is 10.1. The minimum Gasteiger partial charge on any atom is -0.481 e. The molecule has 0 radical (unpaired) electrons. The van der Waals surface area contributed by atoms with E-state index < -0.39 is 11.8 Å². The first-order chi connectivity index (χ1) is 9.49. The molecule has 2 aromatic carbocycles. The maximum atomic E-state index is 13.8. The molecule has 20 heavy (non-hydrogen) atoms. The molecule has 0 atom stereocenters. The molecular weight excluding hydrogens is 281 g/mol. The van der Waals surface area contributed by atoms with Crippen LogP contribution in [0.1, 0.15) is 11.1 Å². The van der Waals surface area contributed by atoms with E-state index in [4.69, 9.17) is 16.9 Å². The topological polar surface area (TPSA) is 40.5 Å². The van der Waals surface area contributed by atoms with E-state index in [1.165, 1.54) is 12.1 Å². The fourth-order valence-electron chi connectivity index (χ4n) is 1.95. The fourth-order valence-corrected chi connectivity index (χ4v) is 2.25. The van der Waals surface area contributed by atoms with Crippen molar-refractivity contribution < 1.29 is 14.3 Å². The van der Waals surface area contributed by atoms with Gasteiger partial charge in [-0.3, -0.25) is 9.21 Å². The zero-order valence-electron chi connectivity index (χ0n) is 10.8. The summed E-state index contributed by atoms with van der Waals surface area (Å²) in [5.41, 5.74) is 2.11. The predicted octanol–water partition coefficient (Wildman–Crippen LogP) is 4.05. The first-order valence-corrected chi connectivity index (χ1v) is 6.34. The third-order valence-electron chi connectivity index (χ3n) is 2.85. The van der Waals surface area contributed by atoms with E-state index in [0.29, 0.717) is 11.3 Å². The standard InChI is InChI=1S/C15H13ClFNO2/c1-10-6-7-13(11(8-10)9-15(19)20)18(16)14-5-3-2-4-12(14)17/h2-8H,9H2,1H3,(H,19,20). The zero-order chi connectivity index (χ0) is 14.7. The lowest BCUT2D eigenvalue weighted by molar-refractivity contribution is -0.136. The number of nitrogens with zero attached hydrogens (tertiary/aromatic N) is 1. The summed E-state index contributed by atoms with van der Waals surface area (Å²) >= 11 is 6.18. The Kier molecular flexibility index (Phi) is 4.25. The molecule has 0 aliphatic carbocycles. The van der Waals surface area contributed by atoms with E-state index in [1.54, 1.807) is 30.3 Å². The second-order valence-electron chi connectivity index (χ2n) is 4.43. The molecule has 0 aliphatic rings. The van der Waals surface area contributed by atoms with E-state index >= 15 is 0 Å². The van der Waals surface area contributed by atoms with Gasteiger partial charge < -0.3 is 5.11 Å². The number of anilines is 2. The van der Waals surface area contributed by atoms with Gasteiger partial charge in [0, 0.05) is 11.8 Å². The summed E-state index contributed by atoms with van der Waals surface area (Å²) in [4.78, 5) is 10.9. The summed E-state index contributed by atoms with van der Waals surface area (Å²) in [6, 6.07) is 11.3. The molecule has 2 rings (SSSR count). The number of hydrogen-bond acceptors (Lipinski definition) is 2. The minimum atomic E-state index is -0.963. The molecule has 0 amide bonds. The molecule has 0 unspecified atom stereocenters. The van der Waals surface area contributed by atoms with Crippen LogP contribution in [0.25, 0.3) is 0 Å². The highest BCUT2D eigenvalue weighted by Crippen LogP contribution is 2.33. The maximum absolute atomic E-state index is 13.8. The molecule has 104 valence electrons. The normalized spacial score (nSPS) is 10.3. The lowest BCUT2D eigenvalue weighted by Crippen LogP contribution is -2.10. The number of aliphatic carboxylic acids is 1. The number of aryl methyl sites for hydroxylation is 1. The van der Waals surface area contributed by atoms with Gasteiger partial charge in [-0.15, -0.1) is 0 Å². The highest BCUT2D eigenvalue weighted by Gasteiger charge is 2.16. The van der Waals surface area contributed by atoms with Crippen LogP contribution in [0.15, 0.2) is 42.5 Å². The van der Waals surface area contributed by atoms with Crippen molar-refractivity contribution in [3.8, 4) is 0 Å². The zero-order valence-corrected chi connectivity index (χ0v) is 11.6. The number of para-hydroxylation sites is 1. The van der Waals surface area contributed by atoms with Gasteiger partial charge in [0.1, 0.15) is 5.82 Å². The van der Waals surface area contributed by atoms with E-state index in [1.807, 2.05) is 6.92 Å². The molecule has 0 saturated carbocycles. The summed E-state index contributed by atoms with van der Waals surface area (Å²) in [5.74, 6) is -1.43. The van der Waals surface area contributed by atoms with Gasteiger partial charge in [-0.2, -0.15) is 0 Å². The molecule has 0 bridgehead atoms. The van der Waals surface area contributed by atoms with Gasteiger partial charge >= 0.3 is 5.97 Å². The molecule has 0 spiro atoms. The number of halogens is 2. The molecule has 0 aromatic heterocycles. The van der Waals surface area contributed by atoms with Gasteiger partial charge in [-0.25, -0.2) is 4.39 Å². The molecule has 0 saturated heterocycles. The molecule has 0 fully saturated rings. The largest absolute Gasteiger partial charge is 0.481 e.